The second-order valence-electron chi connectivity index (χ2n) is 6.73. The highest BCUT2D eigenvalue weighted by Gasteiger charge is 2.43. The van der Waals surface area contributed by atoms with Gasteiger partial charge in [0.15, 0.2) is 0 Å². The van der Waals surface area contributed by atoms with Crippen LogP contribution < -0.4 is 10.6 Å². The van der Waals surface area contributed by atoms with Crippen molar-refractivity contribution in [3.63, 3.8) is 0 Å². The van der Waals surface area contributed by atoms with Gasteiger partial charge >= 0.3 is 11.9 Å². The number of nitro benzene ring substituents is 1. The number of nitrogens with zero attached hydrogens (tertiary/aromatic N) is 3. The van der Waals surface area contributed by atoms with Crippen molar-refractivity contribution in [3.05, 3.63) is 91.3 Å². The molecule has 1 aliphatic rings. The van der Waals surface area contributed by atoms with Crippen molar-refractivity contribution in [1.82, 2.24) is 0 Å². The number of benzene rings is 2. The van der Waals surface area contributed by atoms with Gasteiger partial charge < -0.3 is 15.2 Å². The predicted molar refractivity (Wildman–Crippen MR) is 120 cm³/mol. The summed E-state index contributed by atoms with van der Waals surface area (Å²) in [6, 6.07) is 14.3. The Labute approximate surface area is 196 Å². The molecule has 1 aliphatic heterocycles. The predicted octanol–water partition coefficient (Wildman–Crippen LogP) is 3.26. The van der Waals surface area contributed by atoms with Crippen LogP contribution in [0.3, 0.4) is 0 Å². The van der Waals surface area contributed by atoms with Crippen LogP contribution in [0.4, 0.5) is 11.4 Å². The fourth-order valence-electron chi connectivity index (χ4n) is 3.55. The van der Waals surface area contributed by atoms with Crippen LogP contribution in [-0.4, -0.2) is 31.1 Å². The van der Waals surface area contributed by atoms with Crippen molar-refractivity contribution in [2.45, 2.75) is 5.92 Å². The van der Waals surface area contributed by atoms with E-state index in [1.807, 2.05) is 6.07 Å². The summed E-state index contributed by atoms with van der Waals surface area (Å²) in [5, 5.41) is 21.4. The van der Waals surface area contributed by atoms with Crippen LogP contribution in [0.15, 0.2) is 75.7 Å². The molecule has 2 aromatic rings. The Bertz CT molecular complexity index is 1250. The molecule has 33 heavy (non-hydrogen) atoms. The summed E-state index contributed by atoms with van der Waals surface area (Å²) in [4.78, 5) is 37.8. The number of carbonyl (C=O) groups excluding carboxylic acids is 2. The lowest BCUT2D eigenvalue weighted by atomic mass is 9.81. The number of nitrogens with two attached hydrogens (primary N) is 1. The van der Waals surface area contributed by atoms with E-state index >= 15 is 0 Å². The van der Waals surface area contributed by atoms with Crippen molar-refractivity contribution in [1.29, 1.82) is 5.26 Å². The zero-order chi connectivity index (χ0) is 24.3. The molecular weight excluding hydrogens is 496 g/mol. The number of carbonyl (C=O) groups is 2. The summed E-state index contributed by atoms with van der Waals surface area (Å²) < 4.78 is 10.2. The van der Waals surface area contributed by atoms with E-state index in [2.05, 4.69) is 15.9 Å². The molecule has 2 aromatic carbocycles. The van der Waals surface area contributed by atoms with Gasteiger partial charge in [-0.05, 0) is 27.6 Å². The third-order valence-corrected chi connectivity index (χ3v) is 5.66. The summed E-state index contributed by atoms with van der Waals surface area (Å²) in [5.74, 6) is -3.07. The summed E-state index contributed by atoms with van der Waals surface area (Å²) in [5.41, 5.74) is 6.08. The molecule has 1 heterocycles. The normalized spacial score (nSPS) is 15.7. The number of ether oxygens (including phenoxy) is 2. The Morgan fingerprint density at radius 2 is 1.79 bits per heavy atom. The van der Waals surface area contributed by atoms with Gasteiger partial charge in [0.1, 0.15) is 11.5 Å². The van der Waals surface area contributed by atoms with E-state index in [-0.39, 0.29) is 34.0 Å². The average molecular weight is 513 g/mol. The smallest absolute Gasteiger partial charge is 0.355 e. The first-order chi connectivity index (χ1) is 15.8. The van der Waals surface area contributed by atoms with Crippen molar-refractivity contribution in [2.24, 2.45) is 5.73 Å². The molecule has 1 unspecified atom stereocenters. The monoisotopic (exact) mass is 512 g/mol. The Kier molecular flexibility index (Phi) is 6.79. The van der Waals surface area contributed by atoms with E-state index in [1.54, 1.807) is 30.3 Å². The second-order valence-corrected chi connectivity index (χ2v) is 7.58. The fraction of sp³-hybridized carbons (Fsp3) is 0.136. The molecule has 0 spiro atoms. The molecule has 10 nitrogen and oxygen atoms in total. The number of methoxy groups -OCH3 is 2. The molecule has 0 amide bonds. The third-order valence-electron chi connectivity index (χ3n) is 4.99. The SMILES string of the molecule is COC(=O)C1=C(C(=O)OC)N(c2cc([N+](=O)[O-])ccc2Br)C(N)=C(C#N)C1c1ccccc1. The lowest BCUT2D eigenvalue weighted by Gasteiger charge is -2.36. The summed E-state index contributed by atoms with van der Waals surface area (Å²) in [6.45, 7) is 0. The van der Waals surface area contributed by atoms with E-state index in [9.17, 15) is 25.0 Å². The van der Waals surface area contributed by atoms with Gasteiger partial charge in [0.25, 0.3) is 5.69 Å². The minimum atomic E-state index is -1.04. The van der Waals surface area contributed by atoms with E-state index in [1.165, 1.54) is 12.1 Å². The molecular formula is C22H17BrN4O6. The van der Waals surface area contributed by atoms with Crippen molar-refractivity contribution < 1.29 is 24.0 Å². The van der Waals surface area contributed by atoms with E-state index < -0.39 is 22.8 Å². The van der Waals surface area contributed by atoms with Crippen LogP contribution in [0, 0.1) is 21.4 Å². The number of esters is 2. The summed E-state index contributed by atoms with van der Waals surface area (Å²) >= 11 is 3.30. The van der Waals surface area contributed by atoms with Gasteiger partial charge in [-0.15, -0.1) is 0 Å². The molecule has 1 atom stereocenters. The third kappa shape index (κ3) is 4.16. The Hall–Kier alpha value is -4.17. The van der Waals surface area contributed by atoms with Crippen molar-refractivity contribution >= 4 is 39.2 Å². The Balaban J connectivity index is 2.46. The largest absolute Gasteiger partial charge is 0.466 e. The van der Waals surface area contributed by atoms with Crippen LogP contribution in [0.25, 0.3) is 0 Å². The highest BCUT2D eigenvalue weighted by atomic mass is 79.9. The lowest BCUT2D eigenvalue weighted by molar-refractivity contribution is -0.384. The molecule has 0 radical (unpaired) electrons. The van der Waals surface area contributed by atoms with E-state index in [0.717, 1.165) is 25.2 Å². The topological polar surface area (TPSA) is 149 Å². The molecule has 0 aliphatic carbocycles. The standard InChI is InChI=1S/C22H17BrN4O6/c1-32-21(28)18-17(12-6-4-3-5-7-12)14(11-24)20(25)26(19(18)22(29)33-2)16-10-13(27(30)31)8-9-15(16)23/h3-10,17H,25H2,1-2H3. The van der Waals surface area contributed by atoms with Gasteiger partial charge in [0.05, 0.1) is 48.0 Å². The molecule has 0 fully saturated rings. The van der Waals surface area contributed by atoms with Crippen LogP contribution in [0.2, 0.25) is 0 Å². The maximum atomic E-state index is 13.0. The molecule has 0 saturated carbocycles. The number of halogens is 1. The van der Waals surface area contributed by atoms with Crippen LogP contribution in [0.1, 0.15) is 11.5 Å². The van der Waals surface area contributed by atoms with Crippen LogP contribution in [-0.2, 0) is 19.1 Å². The highest BCUT2D eigenvalue weighted by Crippen LogP contribution is 2.45. The average Bonchev–Trinajstić information content (AvgIpc) is 2.83. The van der Waals surface area contributed by atoms with E-state index in [4.69, 9.17) is 15.2 Å². The summed E-state index contributed by atoms with van der Waals surface area (Å²) in [7, 11) is 2.25. The maximum Gasteiger partial charge on any atom is 0.355 e. The minimum absolute atomic E-state index is 0.0485. The molecule has 0 aromatic heterocycles. The first-order valence-electron chi connectivity index (χ1n) is 9.36. The Morgan fingerprint density at radius 3 is 2.33 bits per heavy atom. The zero-order valence-electron chi connectivity index (χ0n) is 17.4. The van der Waals surface area contributed by atoms with Gasteiger partial charge in [0, 0.05) is 16.6 Å². The summed E-state index contributed by atoms with van der Waals surface area (Å²) in [6.07, 6.45) is 0. The molecule has 11 heteroatoms. The van der Waals surface area contributed by atoms with Crippen LogP contribution >= 0.6 is 15.9 Å². The molecule has 0 saturated heterocycles. The quantitative estimate of drug-likeness (QED) is 0.361. The number of anilines is 1. The van der Waals surface area contributed by atoms with Gasteiger partial charge in [-0.1, -0.05) is 30.3 Å². The minimum Gasteiger partial charge on any atom is -0.466 e. The Morgan fingerprint density at radius 1 is 1.15 bits per heavy atom. The van der Waals surface area contributed by atoms with Gasteiger partial charge in [-0.25, -0.2) is 9.59 Å². The number of nitro groups is 1. The number of rotatable bonds is 5. The van der Waals surface area contributed by atoms with E-state index in [0.29, 0.717) is 10.0 Å². The van der Waals surface area contributed by atoms with Gasteiger partial charge in [0.2, 0.25) is 0 Å². The van der Waals surface area contributed by atoms with Gasteiger partial charge in [-0.2, -0.15) is 5.26 Å². The fourth-order valence-corrected chi connectivity index (χ4v) is 3.97. The lowest BCUT2D eigenvalue weighted by Crippen LogP contribution is -2.41. The number of non-ortho nitro benzene ring substituents is 1. The highest BCUT2D eigenvalue weighted by molar-refractivity contribution is 9.10. The second kappa shape index (κ2) is 9.54. The van der Waals surface area contributed by atoms with Crippen LogP contribution in [0.5, 0.6) is 0 Å². The zero-order valence-corrected chi connectivity index (χ0v) is 19.0. The van der Waals surface area contributed by atoms with Crippen molar-refractivity contribution in [2.75, 3.05) is 19.1 Å². The first kappa shape index (κ1) is 23.5. The number of hydrogen-bond acceptors (Lipinski definition) is 9. The van der Waals surface area contributed by atoms with Gasteiger partial charge in [-0.3, -0.25) is 15.0 Å². The maximum absolute atomic E-state index is 13.0. The first-order valence-corrected chi connectivity index (χ1v) is 10.2. The number of allylic oxidation sites excluding steroid dienone is 1. The molecule has 2 N–H and O–H groups in total. The number of hydrogen-bond donors (Lipinski definition) is 1. The molecule has 0 bridgehead atoms. The molecule has 3 rings (SSSR count). The molecule has 168 valence electrons. The van der Waals surface area contributed by atoms with Crippen molar-refractivity contribution in [3.8, 4) is 6.07 Å². The number of nitriles is 1.